The van der Waals surface area contributed by atoms with Crippen LogP contribution in [0.15, 0.2) is 54.7 Å². The van der Waals surface area contributed by atoms with Gasteiger partial charge in [-0.05, 0) is 36.2 Å². The van der Waals surface area contributed by atoms with Gasteiger partial charge >= 0.3 is 0 Å². The lowest BCUT2D eigenvalue weighted by Gasteiger charge is -2.06. The van der Waals surface area contributed by atoms with Gasteiger partial charge in [0.2, 0.25) is 0 Å². The summed E-state index contributed by atoms with van der Waals surface area (Å²) in [7, 11) is 0. The van der Waals surface area contributed by atoms with Gasteiger partial charge in [0.25, 0.3) is 5.91 Å². The number of amides is 1. The van der Waals surface area contributed by atoms with E-state index < -0.39 is 0 Å². The molecule has 0 unspecified atom stereocenters. The second-order valence-corrected chi connectivity index (χ2v) is 4.75. The van der Waals surface area contributed by atoms with E-state index >= 15 is 0 Å². The van der Waals surface area contributed by atoms with Crippen LogP contribution >= 0.6 is 0 Å². The molecule has 0 radical (unpaired) electrons. The molecule has 1 aromatic heterocycles. The number of para-hydroxylation sites is 2. The lowest BCUT2D eigenvalue weighted by atomic mass is 10.1. The number of fused-ring (bicyclic) bond motifs is 1. The van der Waals surface area contributed by atoms with Gasteiger partial charge in [0.15, 0.2) is 0 Å². The van der Waals surface area contributed by atoms with Crippen molar-refractivity contribution in [2.75, 3.05) is 5.32 Å². The fraction of sp³-hybridized carbons (Fsp3) is 0.118. The Kier molecular flexibility index (Phi) is 3.60. The topological polar surface area (TPSA) is 54.9 Å². The molecule has 0 aliphatic rings. The van der Waals surface area contributed by atoms with Gasteiger partial charge in [0.05, 0.1) is 17.2 Å². The number of benzene rings is 2. The fourth-order valence-corrected chi connectivity index (χ4v) is 2.09. The zero-order valence-electron chi connectivity index (χ0n) is 11.7. The number of rotatable bonds is 3. The Morgan fingerprint density at radius 2 is 1.76 bits per heavy atom. The Morgan fingerprint density at radius 3 is 2.48 bits per heavy atom. The van der Waals surface area contributed by atoms with Crippen molar-refractivity contribution in [1.29, 1.82) is 0 Å². The van der Waals surface area contributed by atoms with E-state index in [-0.39, 0.29) is 5.91 Å². The molecule has 4 heteroatoms. The van der Waals surface area contributed by atoms with E-state index in [2.05, 4.69) is 22.2 Å². The molecule has 0 bridgehead atoms. The molecule has 1 N–H and O–H groups in total. The minimum atomic E-state index is -0.252. The summed E-state index contributed by atoms with van der Waals surface area (Å²) in [4.78, 5) is 20.8. The first kappa shape index (κ1) is 13.2. The zero-order chi connectivity index (χ0) is 14.7. The molecule has 0 atom stereocenters. The summed E-state index contributed by atoms with van der Waals surface area (Å²) in [6.07, 6.45) is 2.47. The fourth-order valence-electron chi connectivity index (χ4n) is 2.09. The summed E-state index contributed by atoms with van der Waals surface area (Å²) >= 11 is 0. The Bertz CT molecular complexity index is 781. The highest BCUT2D eigenvalue weighted by atomic mass is 16.1. The third kappa shape index (κ3) is 2.89. The SMILES string of the molecule is CCc1ccc(NC(=O)c2cnc3ccccc3n2)cc1. The van der Waals surface area contributed by atoms with Crippen LogP contribution in [0.4, 0.5) is 5.69 Å². The normalized spacial score (nSPS) is 10.5. The van der Waals surface area contributed by atoms with Crippen molar-refractivity contribution in [2.24, 2.45) is 0 Å². The number of hydrogen-bond acceptors (Lipinski definition) is 3. The van der Waals surface area contributed by atoms with Gasteiger partial charge in [-0.25, -0.2) is 4.98 Å². The zero-order valence-corrected chi connectivity index (χ0v) is 11.7. The third-order valence-corrected chi connectivity index (χ3v) is 3.30. The first-order valence-electron chi connectivity index (χ1n) is 6.88. The van der Waals surface area contributed by atoms with E-state index in [4.69, 9.17) is 0 Å². The van der Waals surface area contributed by atoms with E-state index in [0.29, 0.717) is 11.2 Å². The molecule has 3 aromatic rings. The lowest BCUT2D eigenvalue weighted by Crippen LogP contribution is -2.14. The number of aromatic nitrogens is 2. The van der Waals surface area contributed by atoms with Crippen LogP contribution in [0, 0.1) is 0 Å². The molecule has 3 rings (SSSR count). The van der Waals surface area contributed by atoms with Gasteiger partial charge in [-0.2, -0.15) is 0 Å². The molecule has 0 aliphatic heterocycles. The lowest BCUT2D eigenvalue weighted by molar-refractivity contribution is 0.102. The van der Waals surface area contributed by atoms with Crippen LogP contribution in [-0.2, 0) is 6.42 Å². The highest BCUT2D eigenvalue weighted by Gasteiger charge is 2.09. The van der Waals surface area contributed by atoms with Gasteiger partial charge < -0.3 is 5.32 Å². The highest BCUT2D eigenvalue weighted by Crippen LogP contribution is 2.13. The van der Waals surface area contributed by atoms with Crippen molar-refractivity contribution in [3.63, 3.8) is 0 Å². The summed E-state index contributed by atoms with van der Waals surface area (Å²) in [5, 5.41) is 2.83. The summed E-state index contributed by atoms with van der Waals surface area (Å²) in [6, 6.07) is 15.3. The molecule has 0 fully saturated rings. The average molecular weight is 277 g/mol. The quantitative estimate of drug-likeness (QED) is 0.797. The van der Waals surface area contributed by atoms with E-state index in [1.807, 2.05) is 48.5 Å². The summed E-state index contributed by atoms with van der Waals surface area (Å²) in [5.41, 5.74) is 3.80. The Hall–Kier alpha value is -2.75. The van der Waals surface area contributed by atoms with E-state index in [9.17, 15) is 4.79 Å². The van der Waals surface area contributed by atoms with Crippen molar-refractivity contribution in [3.8, 4) is 0 Å². The van der Waals surface area contributed by atoms with Crippen LogP contribution in [0.5, 0.6) is 0 Å². The molecule has 0 saturated heterocycles. The van der Waals surface area contributed by atoms with Gasteiger partial charge in [0, 0.05) is 5.69 Å². The Labute approximate surface area is 122 Å². The molecule has 104 valence electrons. The van der Waals surface area contributed by atoms with Crippen molar-refractivity contribution >= 4 is 22.6 Å². The predicted molar refractivity (Wildman–Crippen MR) is 83.3 cm³/mol. The molecule has 1 heterocycles. The van der Waals surface area contributed by atoms with Crippen molar-refractivity contribution < 1.29 is 4.79 Å². The molecular weight excluding hydrogens is 262 g/mol. The van der Waals surface area contributed by atoms with Gasteiger partial charge in [-0.3, -0.25) is 9.78 Å². The van der Waals surface area contributed by atoms with Crippen LogP contribution in [-0.4, -0.2) is 15.9 Å². The van der Waals surface area contributed by atoms with Crippen LogP contribution in [0.1, 0.15) is 23.0 Å². The number of aryl methyl sites for hydroxylation is 1. The number of carbonyl (C=O) groups is 1. The van der Waals surface area contributed by atoms with E-state index in [1.165, 1.54) is 11.8 Å². The maximum Gasteiger partial charge on any atom is 0.275 e. The van der Waals surface area contributed by atoms with Crippen molar-refractivity contribution in [1.82, 2.24) is 9.97 Å². The molecule has 21 heavy (non-hydrogen) atoms. The maximum absolute atomic E-state index is 12.2. The number of carbonyl (C=O) groups excluding carboxylic acids is 1. The first-order valence-corrected chi connectivity index (χ1v) is 6.88. The van der Waals surface area contributed by atoms with E-state index in [1.54, 1.807) is 0 Å². The molecule has 4 nitrogen and oxygen atoms in total. The van der Waals surface area contributed by atoms with Crippen LogP contribution in [0.2, 0.25) is 0 Å². The van der Waals surface area contributed by atoms with Crippen LogP contribution in [0.25, 0.3) is 11.0 Å². The van der Waals surface area contributed by atoms with E-state index in [0.717, 1.165) is 17.6 Å². The van der Waals surface area contributed by atoms with Crippen molar-refractivity contribution in [3.05, 3.63) is 66.0 Å². The Morgan fingerprint density at radius 1 is 1.05 bits per heavy atom. The minimum Gasteiger partial charge on any atom is -0.321 e. The number of nitrogens with one attached hydrogen (secondary N) is 1. The van der Waals surface area contributed by atoms with Crippen LogP contribution < -0.4 is 5.32 Å². The highest BCUT2D eigenvalue weighted by molar-refractivity contribution is 6.03. The second kappa shape index (κ2) is 5.71. The molecular formula is C17H15N3O. The minimum absolute atomic E-state index is 0.252. The number of anilines is 1. The molecule has 0 spiro atoms. The summed E-state index contributed by atoms with van der Waals surface area (Å²) in [5.74, 6) is -0.252. The number of nitrogens with zero attached hydrogens (tertiary/aromatic N) is 2. The smallest absolute Gasteiger partial charge is 0.275 e. The molecule has 2 aromatic carbocycles. The van der Waals surface area contributed by atoms with Crippen molar-refractivity contribution in [2.45, 2.75) is 13.3 Å². The largest absolute Gasteiger partial charge is 0.321 e. The summed E-state index contributed by atoms with van der Waals surface area (Å²) < 4.78 is 0. The predicted octanol–water partition coefficient (Wildman–Crippen LogP) is 3.44. The van der Waals surface area contributed by atoms with Gasteiger partial charge in [-0.1, -0.05) is 31.2 Å². The molecule has 0 saturated carbocycles. The van der Waals surface area contributed by atoms with Crippen LogP contribution in [0.3, 0.4) is 0 Å². The monoisotopic (exact) mass is 277 g/mol. The average Bonchev–Trinajstić information content (AvgIpc) is 2.55. The standard InChI is InChI=1S/C17H15N3O/c1-2-12-7-9-13(10-8-12)19-17(21)16-11-18-14-5-3-4-6-15(14)20-16/h3-11H,2H2,1H3,(H,19,21). The third-order valence-electron chi connectivity index (χ3n) is 3.30. The molecule has 1 amide bonds. The first-order chi connectivity index (χ1) is 10.3. The van der Waals surface area contributed by atoms with Gasteiger partial charge in [-0.15, -0.1) is 0 Å². The number of hydrogen-bond donors (Lipinski definition) is 1. The molecule has 0 aliphatic carbocycles. The maximum atomic E-state index is 12.2. The Balaban J connectivity index is 1.82. The van der Waals surface area contributed by atoms with Gasteiger partial charge in [0.1, 0.15) is 5.69 Å². The summed E-state index contributed by atoms with van der Waals surface area (Å²) in [6.45, 7) is 2.10. The second-order valence-electron chi connectivity index (χ2n) is 4.75.